The molecule has 0 heterocycles. The van der Waals surface area contributed by atoms with Gasteiger partial charge >= 0.3 is 0 Å². The molecule has 2 N–H and O–H groups in total. The van der Waals surface area contributed by atoms with E-state index in [-0.39, 0.29) is 10.8 Å². The molecule has 0 bridgehead atoms. The Hall–Kier alpha value is -2.97. The molecular weight excluding hydrogens is 420 g/mol. The molecule has 3 aromatic rings. The summed E-state index contributed by atoms with van der Waals surface area (Å²) >= 11 is 1.49. The zero-order valence-electron chi connectivity index (χ0n) is 16.6. The zero-order valence-corrected chi connectivity index (χ0v) is 18.2. The number of thioether (sulfide) groups is 1. The lowest BCUT2D eigenvalue weighted by Gasteiger charge is -2.11. The van der Waals surface area contributed by atoms with Crippen molar-refractivity contribution < 1.29 is 17.9 Å². The number of hydrogen-bond donors (Lipinski definition) is 2. The van der Waals surface area contributed by atoms with Crippen molar-refractivity contribution in [3.8, 4) is 5.75 Å². The third-order valence-corrected chi connectivity index (χ3v) is 6.38. The number of anilines is 2. The minimum Gasteiger partial charge on any atom is -0.494 e. The molecule has 0 aliphatic heterocycles. The lowest BCUT2D eigenvalue weighted by Crippen LogP contribution is -2.14. The van der Waals surface area contributed by atoms with Gasteiger partial charge in [0.2, 0.25) is 0 Å². The first-order valence-corrected chi connectivity index (χ1v) is 11.9. The zero-order chi connectivity index (χ0) is 21.6. The number of amides is 1. The predicted octanol–water partition coefficient (Wildman–Crippen LogP) is 4.86. The van der Waals surface area contributed by atoms with Gasteiger partial charge in [-0.3, -0.25) is 9.52 Å². The van der Waals surface area contributed by atoms with Gasteiger partial charge in [-0.15, -0.1) is 11.8 Å². The number of carbonyl (C=O) groups excluding carboxylic acids is 1. The summed E-state index contributed by atoms with van der Waals surface area (Å²) < 4.78 is 33.1. The molecule has 0 atom stereocenters. The lowest BCUT2D eigenvalue weighted by molar-refractivity contribution is 0.102. The van der Waals surface area contributed by atoms with Crippen LogP contribution in [-0.4, -0.2) is 27.2 Å². The van der Waals surface area contributed by atoms with Crippen LogP contribution in [0.25, 0.3) is 0 Å². The van der Waals surface area contributed by atoms with Crippen LogP contribution in [0.3, 0.4) is 0 Å². The molecule has 3 rings (SSSR count). The van der Waals surface area contributed by atoms with Gasteiger partial charge in [0, 0.05) is 16.3 Å². The van der Waals surface area contributed by atoms with Crippen LogP contribution in [0.15, 0.2) is 82.6 Å². The number of nitrogens with one attached hydrogen (secondary N) is 2. The highest BCUT2D eigenvalue weighted by atomic mass is 32.2. The smallest absolute Gasteiger partial charge is 0.261 e. The second kappa shape index (κ2) is 9.69. The average molecular weight is 443 g/mol. The number of hydrogen-bond acceptors (Lipinski definition) is 5. The van der Waals surface area contributed by atoms with E-state index in [0.29, 0.717) is 29.3 Å². The lowest BCUT2D eigenvalue weighted by atomic mass is 10.2. The standard InChI is InChI=1S/C22H22N2O4S2/c1-3-28-18-12-8-17(9-13-18)24-30(26,27)19-14-10-16(11-15-19)23-22(25)20-6-4-5-7-21(20)29-2/h4-15,24H,3H2,1-2H3,(H,23,25). The Morgan fingerprint density at radius 1 is 0.933 bits per heavy atom. The predicted molar refractivity (Wildman–Crippen MR) is 121 cm³/mol. The highest BCUT2D eigenvalue weighted by molar-refractivity contribution is 7.98. The van der Waals surface area contributed by atoms with Crippen LogP contribution in [0.1, 0.15) is 17.3 Å². The van der Waals surface area contributed by atoms with Gasteiger partial charge in [0.1, 0.15) is 5.75 Å². The summed E-state index contributed by atoms with van der Waals surface area (Å²) in [5.41, 5.74) is 1.51. The number of ether oxygens (including phenoxy) is 1. The van der Waals surface area contributed by atoms with Crippen molar-refractivity contribution >= 4 is 39.1 Å². The summed E-state index contributed by atoms with van der Waals surface area (Å²) in [6.07, 6.45) is 1.91. The van der Waals surface area contributed by atoms with Crippen molar-refractivity contribution in [1.29, 1.82) is 0 Å². The first kappa shape index (κ1) is 21.7. The summed E-state index contributed by atoms with van der Waals surface area (Å²) in [6.45, 7) is 2.42. The van der Waals surface area contributed by atoms with E-state index < -0.39 is 10.0 Å². The van der Waals surface area contributed by atoms with E-state index in [9.17, 15) is 13.2 Å². The molecule has 0 aliphatic rings. The van der Waals surface area contributed by atoms with Crippen LogP contribution in [0.4, 0.5) is 11.4 Å². The summed E-state index contributed by atoms with van der Waals surface area (Å²) in [7, 11) is -3.75. The molecule has 0 radical (unpaired) electrons. The number of carbonyl (C=O) groups is 1. The minimum atomic E-state index is -3.75. The monoisotopic (exact) mass is 442 g/mol. The van der Waals surface area contributed by atoms with Crippen molar-refractivity contribution in [2.75, 3.05) is 22.9 Å². The van der Waals surface area contributed by atoms with Gasteiger partial charge < -0.3 is 10.1 Å². The Kier molecular flexibility index (Phi) is 7.02. The highest BCUT2D eigenvalue weighted by Crippen LogP contribution is 2.23. The molecule has 0 aromatic heterocycles. The van der Waals surface area contributed by atoms with Crippen molar-refractivity contribution in [2.24, 2.45) is 0 Å². The van der Waals surface area contributed by atoms with Crippen molar-refractivity contribution in [3.05, 3.63) is 78.4 Å². The van der Waals surface area contributed by atoms with Gasteiger partial charge in [-0.1, -0.05) is 12.1 Å². The molecule has 0 saturated heterocycles. The molecular formula is C22H22N2O4S2. The van der Waals surface area contributed by atoms with E-state index in [0.717, 1.165) is 4.90 Å². The molecule has 8 heteroatoms. The fourth-order valence-electron chi connectivity index (χ4n) is 2.75. The van der Waals surface area contributed by atoms with Crippen LogP contribution in [0, 0.1) is 0 Å². The van der Waals surface area contributed by atoms with E-state index in [1.165, 1.54) is 23.9 Å². The number of rotatable bonds is 8. The van der Waals surface area contributed by atoms with Gasteiger partial charge in [0.25, 0.3) is 15.9 Å². The summed E-state index contributed by atoms with van der Waals surface area (Å²) in [5, 5.41) is 2.80. The quantitative estimate of drug-likeness (QED) is 0.487. The van der Waals surface area contributed by atoms with Gasteiger partial charge in [0.05, 0.1) is 17.1 Å². The van der Waals surface area contributed by atoms with Crippen LogP contribution in [0.2, 0.25) is 0 Å². The van der Waals surface area contributed by atoms with E-state index >= 15 is 0 Å². The molecule has 30 heavy (non-hydrogen) atoms. The summed E-state index contributed by atoms with van der Waals surface area (Å²) in [6, 6.07) is 20.0. The molecule has 3 aromatic carbocycles. The van der Waals surface area contributed by atoms with Gasteiger partial charge in [-0.25, -0.2) is 8.42 Å². The van der Waals surface area contributed by atoms with Crippen LogP contribution in [-0.2, 0) is 10.0 Å². The van der Waals surface area contributed by atoms with Gasteiger partial charge in [-0.05, 0) is 73.8 Å². The first-order valence-electron chi connectivity index (χ1n) is 9.23. The third kappa shape index (κ3) is 5.34. The first-order chi connectivity index (χ1) is 14.4. The molecule has 0 fully saturated rings. The number of benzene rings is 3. The maximum Gasteiger partial charge on any atom is 0.261 e. The van der Waals surface area contributed by atoms with Gasteiger partial charge in [0.15, 0.2) is 0 Å². The van der Waals surface area contributed by atoms with Crippen molar-refractivity contribution in [1.82, 2.24) is 0 Å². The largest absolute Gasteiger partial charge is 0.494 e. The highest BCUT2D eigenvalue weighted by Gasteiger charge is 2.15. The van der Waals surface area contributed by atoms with Gasteiger partial charge in [-0.2, -0.15) is 0 Å². The molecule has 6 nitrogen and oxygen atoms in total. The summed E-state index contributed by atoms with van der Waals surface area (Å²) in [5.74, 6) is 0.423. The van der Waals surface area contributed by atoms with E-state index in [2.05, 4.69) is 10.0 Å². The third-order valence-electron chi connectivity index (χ3n) is 4.19. The molecule has 0 spiro atoms. The van der Waals surface area contributed by atoms with Crippen LogP contribution < -0.4 is 14.8 Å². The molecule has 1 amide bonds. The Labute approximate surface area is 180 Å². The van der Waals surface area contributed by atoms with Crippen LogP contribution >= 0.6 is 11.8 Å². The molecule has 0 saturated carbocycles. The van der Waals surface area contributed by atoms with E-state index in [1.807, 2.05) is 25.3 Å². The number of sulfonamides is 1. The minimum absolute atomic E-state index is 0.0962. The Bertz CT molecular complexity index is 1110. The fourth-order valence-corrected chi connectivity index (χ4v) is 4.40. The SMILES string of the molecule is CCOc1ccc(NS(=O)(=O)c2ccc(NC(=O)c3ccccc3SC)cc2)cc1. The molecule has 156 valence electrons. The second-order valence-corrected chi connectivity index (χ2v) is 8.77. The normalized spacial score (nSPS) is 11.0. The Balaban J connectivity index is 1.70. The maximum atomic E-state index is 12.6. The van der Waals surface area contributed by atoms with Crippen molar-refractivity contribution in [2.45, 2.75) is 16.7 Å². The Morgan fingerprint density at radius 2 is 1.57 bits per heavy atom. The molecule has 0 unspecified atom stereocenters. The van der Waals surface area contributed by atoms with Crippen LogP contribution in [0.5, 0.6) is 5.75 Å². The fraction of sp³-hybridized carbons (Fsp3) is 0.136. The summed E-state index contributed by atoms with van der Waals surface area (Å²) in [4.78, 5) is 13.5. The van der Waals surface area contributed by atoms with E-state index in [1.54, 1.807) is 48.5 Å². The topological polar surface area (TPSA) is 84.5 Å². The molecule has 0 aliphatic carbocycles. The maximum absolute atomic E-state index is 12.6. The average Bonchev–Trinajstić information content (AvgIpc) is 2.75. The second-order valence-electron chi connectivity index (χ2n) is 6.24. The Morgan fingerprint density at radius 3 is 2.20 bits per heavy atom. The van der Waals surface area contributed by atoms with E-state index in [4.69, 9.17) is 4.74 Å². The van der Waals surface area contributed by atoms with Crippen molar-refractivity contribution in [3.63, 3.8) is 0 Å².